The third-order valence-corrected chi connectivity index (χ3v) is 1.02. The van der Waals surface area contributed by atoms with Gasteiger partial charge in [-0.05, 0) is 0 Å². The summed E-state index contributed by atoms with van der Waals surface area (Å²) in [4.78, 5) is 32.7. The number of hydrogen-bond donors (Lipinski definition) is 9. The second-order valence-electron chi connectivity index (χ2n) is 2.25. The van der Waals surface area contributed by atoms with Crippen molar-refractivity contribution in [3.63, 3.8) is 0 Å². The Kier molecular flexibility index (Phi) is 6.22. The van der Waals surface area contributed by atoms with Crippen molar-refractivity contribution in [2.45, 2.75) is 0 Å². The number of nitrogens with one attached hydrogen (secondary N) is 3. The van der Waals surface area contributed by atoms with E-state index in [0.29, 0.717) is 0 Å². The summed E-state index contributed by atoms with van der Waals surface area (Å²) in [6.45, 7) is 0. The SMILES string of the molecule is NNc1nc(NN)nc(NN)n1.O=P(O)(O)O. The molecule has 0 unspecified atom stereocenters. The van der Waals surface area contributed by atoms with E-state index in [-0.39, 0.29) is 17.8 Å². The summed E-state index contributed by atoms with van der Waals surface area (Å²) in [5.74, 6) is 15.6. The fourth-order valence-electron chi connectivity index (χ4n) is 0.570. The molecule has 0 saturated heterocycles. The Balaban J connectivity index is 0.000000437. The molecule has 0 radical (unpaired) electrons. The van der Waals surface area contributed by atoms with Crippen molar-refractivity contribution < 1.29 is 19.2 Å². The first-order valence-electron chi connectivity index (χ1n) is 3.74. The summed E-state index contributed by atoms with van der Waals surface area (Å²) in [6.07, 6.45) is 0. The molecule has 17 heavy (non-hydrogen) atoms. The molecule has 1 rings (SSSR count). The van der Waals surface area contributed by atoms with Gasteiger partial charge >= 0.3 is 7.82 Å². The fraction of sp³-hybridized carbons (Fsp3) is 0. The van der Waals surface area contributed by atoms with E-state index in [1.807, 2.05) is 0 Å². The number of nitrogens with two attached hydrogens (primary N) is 3. The zero-order chi connectivity index (χ0) is 13.5. The highest BCUT2D eigenvalue weighted by atomic mass is 31.2. The van der Waals surface area contributed by atoms with E-state index in [4.69, 9.17) is 36.8 Å². The van der Waals surface area contributed by atoms with Gasteiger partial charge in [-0.25, -0.2) is 22.1 Å². The molecule has 0 spiro atoms. The predicted molar refractivity (Wildman–Crippen MR) is 57.5 cm³/mol. The van der Waals surface area contributed by atoms with Gasteiger partial charge in [-0.2, -0.15) is 15.0 Å². The van der Waals surface area contributed by atoms with Gasteiger partial charge in [-0.1, -0.05) is 0 Å². The number of nitrogen functional groups attached to an aromatic ring is 3. The van der Waals surface area contributed by atoms with Crippen LogP contribution in [0.25, 0.3) is 0 Å². The average Bonchev–Trinajstić information content (AvgIpc) is 2.26. The maximum atomic E-state index is 8.88. The van der Waals surface area contributed by atoms with Gasteiger partial charge in [0.05, 0.1) is 0 Å². The molecule has 0 aliphatic carbocycles. The first-order chi connectivity index (χ1) is 7.80. The van der Waals surface area contributed by atoms with Crippen LogP contribution in [0.1, 0.15) is 0 Å². The molecule has 0 bridgehead atoms. The van der Waals surface area contributed by atoms with Crippen LogP contribution >= 0.6 is 7.82 Å². The highest BCUT2D eigenvalue weighted by Crippen LogP contribution is 2.25. The van der Waals surface area contributed by atoms with Gasteiger partial charge in [0.2, 0.25) is 17.8 Å². The van der Waals surface area contributed by atoms with Gasteiger partial charge in [0.15, 0.2) is 0 Å². The summed E-state index contributed by atoms with van der Waals surface area (Å²) in [7, 11) is -4.64. The first kappa shape index (κ1) is 15.4. The number of hydrogen-bond acceptors (Lipinski definition) is 10. The molecule has 0 aliphatic heterocycles. The van der Waals surface area contributed by atoms with Crippen molar-refractivity contribution in [1.82, 2.24) is 15.0 Å². The highest BCUT2D eigenvalue weighted by Gasteiger charge is 2.01. The molecule has 0 aromatic carbocycles. The van der Waals surface area contributed by atoms with Crippen LogP contribution in [0.4, 0.5) is 17.8 Å². The van der Waals surface area contributed by atoms with Gasteiger partial charge in [-0.3, -0.25) is 16.3 Å². The summed E-state index contributed by atoms with van der Waals surface area (Å²) in [5, 5.41) is 0. The molecule has 0 amide bonds. The number of anilines is 3. The second-order valence-corrected chi connectivity index (χ2v) is 3.28. The molecule has 1 aromatic rings. The van der Waals surface area contributed by atoms with Crippen LogP contribution in [0.3, 0.4) is 0 Å². The van der Waals surface area contributed by atoms with Crippen molar-refractivity contribution >= 4 is 25.7 Å². The van der Waals surface area contributed by atoms with E-state index in [1.165, 1.54) is 0 Å². The maximum Gasteiger partial charge on any atom is 0.466 e. The molecule has 1 aromatic heterocycles. The van der Waals surface area contributed by atoms with E-state index in [2.05, 4.69) is 31.2 Å². The fourth-order valence-corrected chi connectivity index (χ4v) is 0.570. The van der Waals surface area contributed by atoms with Crippen LogP contribution in [0.15, 0.2) is 0 Å². The largest absolute Gasteiger partial charge is 0.466 e. The second kappa shape index (κ2) is 6.87. The third kappa shape index (κ3) is 8.23. The number of hydrazine groups is 3. The lowest BCUT2D eigenvalue weighted by Gasteiger charge is -2.03. The van der Waals surface area contributed by atoms with E-state index in [1.54, 1.807) is 0 Å². The molecule has 14 heteroatoms. The number of rotatable bonds is 3. The van der Waals surface area contributed by atoms with E-state index >= 15 is 0 Å². The van der Waals surface area contributed by atoms with E-state index < -0.39 is 7.82 Å². The molecule has 0 saturated carbocycles. The highest BCUT2D eigenvalue weighted by molar-refractivity contribution is 7.45. The minimum Gasteiger partial charge on any atom is -0.303 e. The molecular weight excluding hydrogens is 257 g/mol. The molecule has 98 valence electrons. The lowest BCUT2D eigenvalue weighted by Crippen LogP contribution is -2.19. The zero-order valence-electron chi connectivity index (χ0n) is 8.27. The topological polar surface area (TPSA) is 231 Å². The lowest BCUT2D eigenvalue weighted by atomic mass is 10.8. The Morgan fingerprint density at radius 1 is 0.824 bits per heavy atom. The Bertz CT molecular complexity index is 330. The summed E-state index contributed by atoms with van der Waals surface area (Å²) in [6, 6.07) is 0. The van der Waals surface area contributed by atoms with Gasteiger partial charge in [-0.15, -0.1) is 0 Å². The Hall–Kier alpha value is -1.60. The number of nitrogens with zero attached hydrogens (tertiary/aromatic N) is 3. The maximum absolute atomic E-state index is 8.88. The molecule has 1 heterocycles. The van der Waals surface area contributed by atoms with Crippen LogP contribution < -0.4 is 33.8 Å². The van der Waals surface area contributed by atoms with Crippen molar-refractivity contribution in [3.8, 4) is 0 Å². The molecule has 0 aliphatic rings. The van der Waals surface area contributed by atoms with Crippen LogP contribution in [-0.2, 0) is 4.57 Å². The van der Waals surface area contributed by atoms with E-state index in [9.17, 15) is 0 Å². The smallest absolute Gasteiger partial charge is 0.303 e. The van der Waals surface area contributed by atoms with Crippen molar-refractivity contribution in [1.29, 1.82) is 0 Å². The molecule has 12 N–H and O–H groups in total. The van der Waals surface area contributed by atoms with Crippen molar-refractivity contribution in [2.24, 2.45) is 17.5 Å². The van der Waals surface area contributed by atoms with Gasteiger partial charge in [0.1, 0.15) is 0 Å². The Labute approximate surface area is 94.6 Å². The van der Waals surface area contributed by atoms with Crippen molar-refractivity contribution in [2.75, 3.05) is 16.3 Å². The summed E-state index contributed by atoms with van der Waals surface area (Å²) < 4.78 is 8.88. The molecule has 0 atom stereocenters. The average molecular weight is 269 g/mol. The minimum absolute atomic E-state index is 0.158. The van der Waals surface area contributed by atoms with Crippen LogP contribution in [0, 0.1) is 0 Å². The molecule has 13 nitrogen and oxygen atoms in total. The van der Waals surface area contributed by atoms with E-state index in [0.717, 1.165) is 0 Å². The van der Waals surface area contributed by atoms with Crippen LogP contribution in [-0.4, -0.2) is 29.6 Å². The standard InChI is InChI=1S/C3H9N9.H3O4P/c4-10-1-7-2(11-5)9-3(8-1)12-6;1-5(2,3)4/h4-6H2,(H3,7,8,9,10,11,12);(H3,1,2,3,4). The first-order valence-corrected chi connectivity index (χ1v) is 5.31. The molecule has 0 fully saturated rings. The van der Waals surface area contributed by atoms with Gasteiger partial charge in [0.25, 0.3) is 0 Å². The quantitative estimate of drug-likeness (QED) is 0.149. The lowest BCUT2D eigenvalue weighted by molar-refractivity contribution is 0.275. The van der Waals surface area contributed by atoms with Gasteiger partial charge in [0, 0.05) is 0 Å². The third-order valence-electron chi connectivity index (χ3n) is 1.02. The molecular formula is C3H12N9O4P. The minimum atomic E-state index is -4.64. The normalized spacial score (nSPS) is 10.0. The number of phosphoric acid groups is 1. The van der Waals surface area contributed by atoms with Crippen LogP contribution in [0.5, 0.6) is 0 Å². The van der Waals surface area contributed by atoms with Gasteiger partial charge < -0.3 is 14.7 Å². The summed E-state index contributed by atoms with van der Waals surface area (Å²) >= 11 is 0. The summed E-state index contributed by atoms with van der Waals surface area (Å²) in [5.41, 5.74) is 6.67. The van der Waals surface area contributed by atoms with Crippen molar-refractivity contribution in [3.05, 3.63) is 0 Å². The zero-order valence-corrected chi connectivity index (χ0v) is 9.17. The Morgan fingerprint density at radius 2 is 1.00 bits per heavy atom. The van der Waals surface area contributed by atoms with Crippen LogP contribution in [0.2, 0.25) is 0 Å². The predicted octanol–water partition coefficient (Wildman–Crippen LogP) is -3.20. The Morgan fingerprint density at radius 3 is 1.12 bits per heavy atom. The monoisotopic (exact) mass is 269 g/mol. The number of aromatic nitrogens is 3.